The first kappa shape index (κ1) is 18.2. The number of rotatable bonds is 3. The molecular formula is C24H27N3O2. The number of H-pyrrole nitrogens is 1. The lowest BCUT2D eigenvalue weighted by atomic mass is 9.80. The summed E-state index contributed by atoms with van der Waals surface area (Å²) in [5.74, 6) is 0.494. The van der Waals surface area contributed by atoms with Crippen molar-refractivity contribution in [3.8, 4) is 0 Å². The molecule has 1 aromatic carbocycles. The molecule has 1 aliphatic heterocycles. The van der Waals surface area contributed by atoms with Crippen LogP contribution in [0.5, 0.6) is 0 Å². The fraction of sp³-hybridized carbons (Fsp3) is 0.417. The SMILES string of the molecule is CC1(C)OC(=O)N(C2CCC(c3cnc4cc[nH]c4c3)CC2)[C@H]1c1ccccc1. The smallest absolute Gasteiger partial charge is 0.411 e. The van der Waals surface area contributed by atoms with E-state index in [2.05, 4.69) is 28.2 Å². The zero-order valence-corrected chi connectivity index (χ0v) is 17.0. The quantitative estimate of drug-likeness (QED) is 0.638. The number of benzene rings is 1. The average molecular weight is 389 g/mol. The molecule has 2 aromatic heterocycles. The lowest BCUT2D eigenvalue weighted by Crippen LogP contribution is -2.42. The minimum atomic E-state index is -0.530. The van der Waals surface area contributed by atoms with Gasteiger partial charge in [-0.05, 0) is 68.7 Å². The summed E-state index contributed by atoms with van der Waals surface area (Å²) in [7, 11) is 0. The highest BCUT2D eigenvalue weighted by atomic mass is 16.6. The monoisotopic (exact) mass is 389 g/mol. The molecule has 1 saturated heterocycles. The summed E-state index contributed by atoms with van der Waals surface area (Å²) in [6, 6.07) is 14.7. The van der Waals surface area contributed by atoms with Crippen LogP contribution in [0.15, 0.2) is 54.9 Å². The van der Waals surface area contributed by atoms with Crippen LogP contribution in [0.1, 0.15) is 62.6 Å². The van der Waals surface area contributed by atoms with Crippen molar-refractivity contribution in [2.75, 3.05) is 0 Å². The highest BCUT2D eigenvalue weighted by molar-refractivity contribution is 5.75. The fourth-order valence-corrected chi connectivity index (χ4v) is 5.19. The van der Waals surface area contributed by atoms with Gasteiger partial charge in [0.25, 0.3) is 0 Å². The maximum absolute atomic E-state index is 12.8. The normalized spacial score (nSPS) is 26.6. The number of pyridine rings is 1. The number of aromatic nitrogens is 2. The standard InChI is InChI=1S/C24H27N3O2/c1-24(2)22(17-6-4-3-5-7-17)27(23(28)29-24)19-10-8-16(9-11-19)18-14-21-20(26-15-18)12-13-25-21/h3-7,12-16,19,22,25H,8-11H2,1-2H3/t16?,19?,22-/m0/s1. The number of ether oxygens (including phenoxy) is 1. The van der Waals surface area contributed by atoms with Crippen LogP contribution in [-0.4, -0.2) is 32.6 Å². The molecule has 5 heteroatoms. The summed E-state index contributed by atoms with van der Waals surface area (Å²) in [5.41, 5.74) is 4.01. The Labute approximate surface area is 171 Å². The molecule has 3 heterocycles. The van der Waals surface area contributed by atoms with Crippen LogP contribution in [0.25, 0.3) is 11.0 Å². The third kappa shape index (κ3) is 3.18. The van der Waals surface area contributed by atoms with E-state index in [9.17, 15) is 4.79 Å². The Balaban J connectivity index is 1.35. The summed E-state index contributed by atoms with van der Waals surface area (Å²) in [4.78, 5) is 22.7. The van der Waals surface area contributed by atoms with Gasteiger partial charge >= 0.3 is 6.09 Å². The molecule has 0 bridgehead atoms. The predicted molar refractivity (Wildman–Crippen MR) is 113 cm³/mol. The molecule has 1 amide bonds. The number of hydrogen-bond donors (Lipinski definition) is 1. The molecule has 5 rings (SSSR count). The number of amides is 1. The minimum absolute atomic E-state index is 0.0466. The number of nitrogens with one attached hydrogen (secondary N) is 1. The average Bonchev–Trinajstić information content (AvgIpc) is 3.29. The Hall–Kier alpha value is -2.82. The molecular weight excluding hydrogens is 362 g/mol. The van der Waals surface area contributed by atoms with Gasteiger partial charge in [-0.1, -0.05) is 30.3 Å². The minimum Gasteiger partial charge on any atom is -0.441 e. The van der Waals surface area contributed by atoms with Gasteiger partial charge in [0.2, 0.25) is 0 Å². The molecule has 0 unspecified atom stereocenters. The molecule has 29 heavy (non-hydrogen) atoms. The van der Waals surface area contributed by atoms with Crippen LogP contribution in [0, 0.1) is 0 Å². The number of carbonyl (C=O) groups excluding carboxylic acids is 1. The second-order valence-corrected chi connectivity index (χ2v) is 8.88. The summed E-state index contributed by atoms with van der Waals surface area (Å²) >= 11 is 0. The van der Waals surface area contributed by atoms with Crippen LogP contribution >= 0.6 is 0 Å². The Kier molecular flexibility index (Phi) is 4.34. The molecule has 1 atom stereocenters. The molecule has 2 aliphatic rings. The molecule has 0 spiro atoms. The first-order chi connectivity index (χ1) is 14.0. The van der Waals surface area contributed by atoms with Crippen molar-refractivity contribution in [2.24, 2.45) is 0 Å². The van der Waals surface area contributed by atoms with E-state index in [1.807, 2.05) is 55.4 Å². The van der Waals surface area contributed by atoms with E-state index in [1.165, 1.54) is 5.56 Å². The van der Waals surface area contributed by atoms with Gasteiger partial charge in [0, 0.05) is 18.4 Å². The van der Waals surface area contributed by atoms with Gasteiger partial charge in [-0.15, -0.1) is 0 Å². The third-order valence-corrected chi connectivity index (χ3v) is 6.59. The van der Waals surface area contributed by atoms with Gasteiger partial charge in [-0.25, -0.2) is 4.79 Å². The van der Waals surface area contributed by atoms with Crippen LogP contribution < -0.4 is 0 Å². The molecule has 2 fully saturated rings. The topological polar surface area (TPSA) is 58.2 Å². The van der Waals surface area contributed by atoms with E-state index in [1.54, 1.807) is 0 Å². The summed E-state index contributed by atoms with van der Waals surface area (Å²) in [5, 5.41) is 0. The molecule has 1 aliphatic carbocycles. The van der Waals surface area contributed by atoms with Crippen molar-refractivity contribution in [1.82, 2.24) is 14.9 Å². The van der Waals surface area contributed by atoms with E-state index in [0.29, 0.717) is 5.92 Å². The Morgan fingerprint density at radius 3 is 2.59 bits per heavy atom. The second kappa shape index (κ2) is 6.90. The Morgan fingerprint density at radius 1 is 1.07 bits per heavy atom. The van der Waals surface area contributed by atoms with Crippen molar-refractivity contribution in [3.63, 3.8) is 0 Å². The summed E-state index contributed by atoms with van der Waals surface area (Å²) in [6.07, 6.45) is 7.87. The maximum Gasteiger partial charge on any atom is 0.411 e. The van der Waals surface area contributed by atoms with Crippen LogP contribution in [0.4, 0.5) is 4.79 Å². The Bertz CT molecular complexity index is 1020. The van der Waals surface area contributed by atoms with Gasteiger partial charge in [0.05, 0.1) is 17.1 Å². The number of cyclic esters (lactones) is 1. The van der Waals surface area contributed by atoms with Crippen LogP contribution in [0.3, 0.4) is 0 Å². The number of fused-ring (bicyclic) bond motifs is 1. The summed E-state index contributed by atoms with van der Waals surface area (Å²) < 4.78 is 5.81. The van der Waals surface area contributed by atoms with E-state index in [4.69, 9.17) is 4.74 Å². The first-order valence-electron chi connectivity index (χ1n) is 10.5. The molecule has 0 radical (unpaired) electrons. The molecule has 3 aromatic rings. The highest BCUT2D eigenvalue weighted by Crippen LogP contribution is 2.46. The number of aromatic amines is 1. The lowest BCUT2D eigenvalue weighted by molar-refractivity contribution is 0.0664. The van der Waals surface area contributed by atoms with Crippen LogP contribution in [-0.2, 0) is 4.74 Å². The van der Waals surface area contributed by atoms with Crippen molar-refractivity contribution < 1.29 is 9.53 Å². The maximum atomic E-state index is 12.8. The zero-order valence-electron chi connectivity index (χ0n) is 17.0. The van der Waals surface area contributed by atoms with E-state index >= 15 is 0 Å². The predicted octanol–water partition coefficient (Wildman–Crippen LogP) is 5.56. The van der Waals surface area contributed by atoms with Gasteiger partial charge in [0.1, 0.15) is 5.60 Å². The van der Waals surface area contributed by atoms with E-state index < -0.39 is 5.60 Å². The van der Waals surface area contributed by atoms with Gasteiger partial charge in [0.15, 0.2) is 0 Å². The van der Waals surface area contributed by atoms with Gasteiger partial charge < -0.3 is 9.72 Å². The molecule has 1 N–H and O–H groups in total. The summed E-state index contributed by atoms with van der Waals surface area (Å²) in [6.45, 7) is 4.04. The molecule has 5 nitrogen and oxygen atoms in total. The fourth-order valence-electron chi connectivity index (χ4n) is 5.19. The Morgan fingerprint density at radius 2 is 1.83 bits per heavy atom. The van der Waals surface area contributed by atoms with Gasteiger partial charge in [-0.2, -0.15) is 0 Å². The van der Waals surface area contributed by atoms with Crippen molar-refractivity contribution in [2.45, 2.75) is 63.1 Å². The number of nitrogens with zero attached hydrogens (tertiary/aromatic N) is 2. The second-order valence-electron chi connectivity index (χ2n) is 8.88. The molecule has 1 saturated carbocycles. The number of hydrogen-bond acceptors (Lipinski definition) is 3. The highest BCUT2D eigenvalue weighted by Gasteiger charge is 2.51. The van der Waals surface area contributed by atoms with Crippen molar-refractivity contribution >= 4 is 17.1 Å². The van der Waals surface area contributed by atoms with E-state index in [0.717, 1.165) is 42.3 Å². The van der Waals surface area contributed by atoms with Crippen molar-refractivity contribution in [1.29, 1.82) is 0 Å². The van der Waals surface area contributed by atoms with Crippen molar-refractivity contribution in [3.05, 3.63) is 66.0 Å². The first-order valence-corrected chi connectivity index (χ1v) is 10.5. The van der Waals surface area contributed by atoms with Gasteiger partial charge in [-0.3, -0.25) is 9.88 Å². The zero-order chi connectivity index (χ0) is 20.0. The number of carbonyl (C=O) groups is 1. The lowest BCUT2D eigenvalue weighted by Gasteiger charge is -2.38. The van der Waals surface area contributed by atoms with Crippen LogP contribution in [0.2, 0.25) is 0 Å². The third-order valence-electron chi connectivity index (χ3n) is 6.59. The molecule has 150 valence electrons. The van der Waals surface area contributed by atoms with E-state index in [-0.39, 0.29) is 18.2 Å². The largest absolute Gasteiger partial charge is 0.441 e.